The van der Waals surface area contributed by atoms with Crippen molar-refractivity contribution in [2.24, 2.45) is 5.92 Å². The molecule has 3 aromatic heterocycles. The third-order valence-corrected chi connectivity index (χ3v) is 4.73. The minimum atomic E-state index is -0.205. The van der Waals surface area contributed by atoms with Gasteiger partial charge in [0, 0.05) is 30.7 Å². The first-order chi connectivity index (χ1) is 13.1. The number of aromatic amines is 1. The molecule has 0 aromatic carbocycles. The second-order valence-corrected chi connectivity index (χ2v) is 6.69. The van der Waals surface area contributed by atoms with Crippen LogP contribution in [-0.2, 0) is 24.3 Å². The fourth-order valence-corrected chi connectivity index (χ4v) is 3.33. The molecule has 4 rings (SSSR count). The number of nitrogens with zero attached hydrogens (tertiary/aromatic N) is 5. The molecule has 1 atom stereocenters. The van der Waals surface area contributed by atoms with E-state index in [0.29, 0.717) is 48.8 Å². The lowest BCUT2D eigenvalue weighted by Gasteiger charge is -2.30. The van der Waals surface area contributed by atoms with E-state index in [9.17, 15) is 9.59 Å². The van der Waals surface area contributed by atoms with Gasteiger partial charge in [-0.05, 0) is 24.6 Å². The number of aromatic nitrogens is 5. The molecule has 0 radical (unpaired) electrons. The Morgan fingerprint density at radius 1 is 1.30 bits per heavy atom. The Bertz CT molecular complexity index is 997. The highest BCUT2D eigenvalue weighted by Crippen LogP contribution is 2.19. The number of carbonyl (C=O) groups is 1. The van der Waals surface area contributed by atoms with Gasteiger partial charge in [0.2, 0.25) is 5.91 Å². The number of fused-ring (bicyclic) bond motifs is 1. The SMILES string of the molecule is C[C@@H](Cn1cccn1)C(=O)N1CCc2c(nc(-c3ccccn3)[nH]c2=O)C1. The van der Waals surface area contributed by atoms with Gasteiger partial charge < -0.3 is 9.88 Å². The van der Waals surface area contributed by atoms with E-state index < -0.39 is 0 Å². The molecule has 1 N–H and O–H groups in total. The van der Waals surface area contributed by atoms with Crippen molar-refractivity contribution in [3.63, 3.8) is 0 Å². The van der Waals surface area contributed by atoms with Gasteiger partial charge >= 0.3 is 0 Å². The Labute approximate surface area is 155 Å². The molecular weight excluding hydrogens is 344 g/mol. The van der Waals surface area contributed by atoms with Gasteiger partial charge in [0.15, 0.2) is 5.82 Å². The summed E-state index contributed by atoms with van der Waals surface area (Å²) in [7, 11) is 0. The van der Waals surface area contributed by atoms with Gasteiger partial charge in [-0.25, -0.2) is 4.98 Å². The van der Waals surface area contributed by atoms with Gasteiger partial charge in [0.1, 0.15) is 5.69 Å². The molecule has 0 spiro atoms. The van der Waals surface area contributed by atoms with E-state index in [1.165, 1.54) is 0 Å². The third-order valence-electron chi connectivity index (χ3n) is 4.73. The maximum absolute atomic E-state index is 12.8. The molecule has 4 heterocycles. The second kappa shape index (κ2) is 7.14. The second-order valence-electron chi connectivity index (χ2n) is 6.69. The van der Waals surface area contributed by atoms with Crippen LogP contribution in [0.25, 0.3) is 11.5 Å². The Hall–Kier alpha value is -3.29. The Balaban J connectivity index is 1.56. The predicted molar refractivity (Wildman–Crippen MR) is 98.6 cm³/mol. The lowest BCUT2D eigenvalue weighted by Crippen LogP contribution is -2.42. The van der Waals surface area contributed by atoms with E-state index >= 15 is 0 Å². The first-order valence-corrected chi connectivity index (χ1v) is 8.91. The zero-order valence-corrected chi connectivity index (χ0v) is 15.0. The number of rotatable bonds is 4. The molecule has 0 unspecified atom stereocenters. The van der Waals surface area contributed by atoms with Crippen molar-refractivity contribution in [3.05, 3.63) is 64.5 Å². The molecule has 138 valence electrons. The van der Waals surface area contributed by atoms with Crippen molar-refractivity contribution in [2.75, 3.05) is 6.54 Å². The van der Waals surface area contributed by atoms with E-state index in [-0.39, 0.29) is 17.4 Å². The van der Waals surface area contributed by atoms with Gasteiger partial charge in [-0.1, -0.05) is 13.0 Å². The van der Waals surface area contributed by atoms with Crippen LogP contribution in [0.15, 0.2) is 47.7 Å². The monoisotopic (exact) mass is 364 g/mol. The fourth-order valence-electron chi connectivity index (χ4n) is 3.33. The summed E-state index contributed by atoms with van der Waals surface area (Å²) >= 11 is 0. The Morgan fingerprint density at radius 3 is 2.93 bits per heavy atom. The largest absolute Gasteiger partial charge is 0.336 e. The van der Waals surface area contributed by atoms with Crippen molar-refractivity contribution in [3.8, 4) is 11.5 Å². The fraction of sp³-hybridized carbons (Fsp3) is 0.316. The van der Waals surface area contributed by atoms with Crippen LogP contribution >= 0.6 is 0 Å². The first kappa shape index (κ1) is 17.1. The van der Waals surface area contributed by atoms with Crippen molar-refractivity contribution >= 4 is 5.91 Å². The Morgan fingerprint density at radius 2 is 2.19 bits per heavy atom. The number of pyridine rings is 1. The van der Waals surface area contributed by atoms with Crippen molar-refractivity contribution in [1.82, 2.24) is 29.6 Å². The normalized spacial score (nSPS) is 14.6. The standard InChI is InChI=1S/C19H20N6O2/c1-13(11-25-9-4-8-21-25)19(27)24-10-6-14-16(12-24)22-17(23-18(14)26)15-5-2-3-7-20-15/h2-5,7-9,13H,6,10-12H2,1H3,(H,22,23,26)/t13-/m0/s1. The maximum atomic E-state index is 12.8. The van der Waals surface area contributed by atoms with E-state index in [2.05, 4.69) is 20.1 Å². The van der Waals surface area contributed by atoms with Gasteiger partial charge in [-0.3, -0.25) is 19.3 Å². The molecule has 27 heavy (non-hydrogen) atoms. The highest BCUT2D eigenvalue weighted by atomic mass is 16.2. The number of nitrogens with one attached hydrogen (secondary N) is 1. The minimum Gasteiger partial charge on any atom is -0.336 e. The molecule has 0 aliphatic carbocycles. The summed E-state index contributed by atoms with van der Waals surface area (Å²) in [5, 5.41) is 4.16. The minimum absolute atomic E-state index is 0.0395. The Kier molecular flexibility index (Phi) is 4.53. The molecule has 1 aliphatic heterocycles. The molecule has 3 aromatic rings. The zero-order chi connectivity index (χ0) is 18.8. The van der Waals surface area contributed by atoms with Crippen LogP contribution in [-0.4, -0.2) is 42.1 Å². The molecule has 1 aliphatic rings. The third kappa shape index (κ3) is 3.51. The smallest absolute Gasteiger partial charge is 0.254 e. The summed E-state index contributed by atoms with van der Waals surface area (Å²) in [4.78, 5) is 38.7. The molecular formula is C19H20N6O2. The lowest BCUT2D eigenvalue weighted by molar-refractivity contribution is -0.136. The number of carbonyl (C=O) groups excluding carboxylic acids is 1. The zero-order valence-electron chi connectivity index (χ0n) is 15.0. The number of hydrogen-bond acceptors (Lipinski definition) is 5. The van der Waals surface area contributed by atoms with E-state index in [4.69, 9.17) is 0 Å². The first-order valence-electron chi connectivity index (χ1n) is 8.91. The highest BCUT2D eigenvalue weighted by molar-refractivity contribution is 5.78. The van der Waals surface area contributed by atoms with E-state index in [1.54, 1.807) is 34.1 Å². The van der Waals surface area contributed by atoms with Crippen LogP contribution in [0, 0.1) is 5.92 Å². The summed E-state index contributed by atoms with van der Waals surface area (Å²) < 4.78 is 1.75. The highest BCUT2D eigenvalue weighted by Gasteiger charge is 2.27. The van der Waals surface area contributed by atoms with Crippen LogP contribution in [0.3, 0.4) is 0 Å². The van der Waals surface area contributed by atoms with Crippen molar-refractivity contribution in [2.45, 2.75) is 26.4 Å². The molecule has 0 saturated carbocycles. The van der Waals surface area contributed by atoms with Crippen molar-refractivity contribution < 1.29 is 4.79 Å². The lowest BCUT2D eigenvalue weighted by atomic mass is 10.0. The van der Waals surface area contributed by atoms with Crippen LogP contribution in [0.2, 0.25) is 0 Å². The van der Waals surface area contributed by atoms with Crippen LogP contribution < -0.4 is 5.56 Å². The molecule has 1 amide bonds. The number of H-pyrrole nitrogens is 1. The van der Waals surface area contributed by atoms with E-state index in [1.807, 2.05) is 25.3 Å². The van der Waals surface area contributed by atoms with Gasteiger partial charge in [0.05, 0.1) is 24.7 Å². The summed E-state index contributed by atoms with van der Waals surface area (Å²) in [6, 6.07) is 7.28. The van der Waals surface area contributed by atoms with Crippen LogP contribution in [0.4, 0.5) is 0 Å². The maximum Gasteiger partial charge on any atom is 0.254 e. The molecule has 8 nitrogen and oxygen atoms in total. The van der Waals surface area contributed by atoms with Crippen LogP contribution in [0.5, 0.6) is 0 Å². The summed E-state index contributed by atoms with van der Waals surface area (Å²) in [5.41, 5.74) is 1.74. The predicted octanol–water partition coefficient (Wildman–Crippen LogP) is 1.25. The van der Waals surface area contributed by atoms with Gasteiger partial charge in [-0.2, -0.15) is 5.10 Å². The average Bonchev–Trinajstić information content (AvgIpc) is 3.20. The van der Waals surface area contributed by atoms with Gasteiger partial charge in [-0.15, -0.1) is 0 Å². The average molecular weight is 364 g/mol. The van der Waals surface area contributed by atoms with Crippen molar-refractivity contribution in [1.29, 1.82) is 0 Å². The summed E-state index contributed by atoms with van der Waals surface area (Å²) in [5.74, 6) is 0.263. The molecule has 8 heteroatoms. The number of amides is 1. The topological polar surface area (TPSA) is 96.8 Å². The summed E-state index contributed by atoms with van der Waals surface area (Å²) in [6.07, 6.45) is 5.70. The molecule has 0 bridgehead atoms. The van der Waals surface area contributed by atoms with Gasteiger partial charge in [0.25, 0.3) is 5.56 Å². The quantitative estimate of drug-likeness (QED) is 0.751. The van der Waals surface area contributed by atoms with Crippen LogP contribution in [0.1, 0.15) is 18.2 Å². The summed E-state index contributed by atoms with van der Waals surface area (Å²) in [6.45, 7) is 3.27. The molecule has 0 fully saturated rings. The molecule has 0 saturated heterocycles. The number of hydrogen-bond donors (Lipinski definition) is 1. The van der Waals surface area contributed by atoms with E-state index in [0.717, 1.165) is 0 Å².